The Morgan fingerprint density at radius 2 is 2.00 bits per heavy atom. The number of halogens is 2. The minimum atomic E-state index is -4.23. The van der Waals surface area contributed by atoms with Crippen LogP contribution < -0.4 is 15.2 Å². The number of hydrogen-bond acceptors (Lipinski definition) is 5. The molecule has 1 amide bonds. The van der Waals surface area contributed by atoms with E-state index >= 15 is 0 Å². The van der Waals surface area contributed by atoms with Crippen molar-refractivity contribution in [3.05, 3.63) is 41.7 Å². The Balaban J connectivity index is 2.40. The molecule has 0 aliphatic carbocycles. The van der Waals surface area contributed by atoms with Crippen LogP contribution in [0.4, 0.5) is 14.5 Å². The second-order valence-corrected chi connectivity index (χ2v) is 8.20. The van der Waals surface area contributed by atoms with E-state index in [0.717, 1.165) is 24.4 Å². The number of rotatable bonds is 8. The van der Waals surface area contributed by atoms with Gasteiger partial charge in [-0.05, 0) is 18.6 Å². The Morgan fingerprint density at radius 1 is 1.34 bits per heavy atom. The number of aromatic nitrogens is 1. The van der Waals surface area contributed by atoms with Crippen LogP contribution in [0.1, 0.15) is 30.8 Å². The molecular weight excluding hydrogens is 408 g/mol. The molecule has 0 saturated heterocycles. The van der Waals surface area contributed by atoms with Crippen molar-refractivity contribution in [3.8, 4) is 5.75 Å². The Bertz CT molecular complexity index is 1010. The van der Waals surface area contributed by atoms with Gasteiger partial charge in [0.2, 0.25) is 10.0 Å². The summed E-state index contributed by atoms with van der Waals surface area (Å²) in [6, 6.07) is 2.79. The van der Waals surface area contributed by atoms with Gasteiger partial charge in [-0.25, -0.2) is 22.3 Å². The molecule has 0 radical (unpaired) electrons. The Morgan fingerprint density at radius 3 is 2.55 bits per heavy atom. The summed E-state index contributed by atoms with van der Waals surface area (Å²) in [7, 11) is -2.82. The van der Waals surface area contributed by atoms with E-state index in [1.165, 1.54) is 11.6 Å². The van der Waals surface area contributed by atoms with Gasteiger partial charge in [0.05, 0.1) is 12.7 Å². The van der Waals surface area contributed by atoms with Crippen LogP contribution in [-0.2, 0) is 17.1 Å². The maximum atomic E-state index is 13.4. The van der Waals surface area contributed by atoms with E-state index in [4.69, 9.17) is 9.88 Å². The number of aryl methyl sites for hydroxylation is 1. The van der Waals surface area contributed by atoms with E-state index < -0.39 is 38.6 Å². The number of anilines is 1. The van der Waals surface area contributed by atoms with Gasteiger partial charge in [0.25, 0.3) is 5.91 Å². The molecule has 1 aromatic carbocycles. The van der Waals surface area contributed by atoms with Gasteiger partial charge < -0.3 is 19.7 Å². The SMILES string of the molecule is CCC(O)[C@@H](C)COc1c(S(N)(=O)=O)cn(C)c1C(=O)Nc1ccc(F)c(F)c1. The van der Waals surface area contributed by atoms with Crippen molar-refractivity contribution in [1.29, 1.82) is 0 Å². The summed E-state index contributed by atoms with van der Waals surface area (Å²) in [6.45, 7) is 3.40. The molecule has 0 aliphatic rings. The van der Waals surface area contributed by atoms with Crippen molar-refractivity contribution in [2.75, 3.05) is 11.9 Å². The first-order valence-corrected chi connectivity index (χ1v) is 10.3. The predicted octanol–water partition coefficient (Wildman–Crippen LogP) is 1.99. The molecule has 0 saturated carbocycles. The van der Waals surface area contributed by atoms with Crippen LogP contribution in [0, 0.1) is 17.6 Å². The van der Waals surface area contributed by atoms with Gasteiger partial charge in [-0.3, -0.25) is 4.79 Å². The average molecular weight is 431 g/mol. The maximum absolute atomic E-state index is 13.4. The van der Waals surface area contributed by atoms with Gasteiger partial charge in [-0.1, -0.05) is 13.8 Å². The number of nitrogens with zero attached hydrogens (tertiary/aromatic N) is 1. The molecule has 2 rings (SSSR count). The Hall–Kier alpha value is -2.50. The first kappa shape index (κ1) is 22.8. The Labute approximate surface area is 167 Å². The molecule has 1 unspecified atom stereocenters. The summed E-state index contributed by atoms with van der Waals surface area (Å²) in [5.74, 6) is -3.68. The van der Waals surface area contributed by atoms with Crippen LogP contribution in [-0.4, -0.2) is 36.7 Å². The first-order chi connectivity index (χ1) is 13.5. The number of primary sulfonamides is 1. The van der Waals surface area contributed by atoms with Crippen LogP contribution >= 0.6 is 0 Å². The highest BCUT2D eigenvalue weighted by atomic mass is 32.2. The standard InChI is InChI=1S/C18H23F2N3O5S/c1-4-14(24)10(2)9-28-17-15(29(21,26)27)8-23(3)16(17)18(25)22-11-5-6-12(19)13(20)7-11/h5-8,10,14,24H,4,9H2,1-3H3,(H,22,25)(H2,21,26,27)/t10-,14?/m0/s1. The fourth-order valence-electron chi connectivity index (χ4n) is 2.67. The van der Waals surface area contributed by atoms with E-state index in [9.17, 15) is 27.1 Å². The number of benzene rings is 1. The summed E-state index contributed by atoms with van der Waals surface area (Å²) < 4.78 is 57.1. The number of carbonyl (C=O) groups excluding carboxylic acids is 1. The molecule has 0 aliphatic heterocycles. The fourth-order valence-corrected chi connectivity index (χ4v) is 3.39. The van der Waals surface area contributed by atoms with Crippen molar-refractivity contribution in [1.82, 2.24) is 4.57 Å². The third-order valence-electron chi connectivity index (χ3n) is 4.37. The predicted molar refractivity (Wildman–Crippen MR) is 102 cm³/mol. The van der Waals surface area contributed by atoms with Crippen LogP contribution in [0.15, 0.2) is 29.3 Å². The van der Waals surface area contributed by atoms with Crippen molar-refractivity contribution in [3.63, 3.8) is 0 Å². The number of sulfonamides is 1. The number of amides is 1. The molecule has 29 heavy (non-hydrogen) atoms. The van der Waals surface area contributed by atoms with Crippen molar-refractivity contribution < 1.29 is 31.8 Å². The first-order valence-electron chi connectivity index (χ1n) is 8.75. The minimum Gasteiger partial charge on any atom is -0.489 e. The van der Waals surface area contributed by atoms with Crippen LogP contribution in [0.3, 0.4) is 0 Å². The molecule has 1 heterocycles. The van der Waals surface area contributed by atoms with E-state index in [2.05, 4.69) is 5.32 Å². The molecular formula is C18H23F2N3O5S. The largest absolute Gasteiger partial charge is 0.489 e. The van der Waals surface area contributed by atoms with Gasteiger partial charge in [0, 0.05) is 30.9 Å². The lowest BCUT2D eigenvalue weighted by Crippen LogP contribution is -2.24. The minimum absolute atomic E-state index is 0.0343. The number of ether oxygens (including phenoxy) is 1. The summed E-state index contributed by atoms with van der Waals surface area (Å²) in [6.07, 6.45) is 0.896. The quantitative estimate of drug-likeness (QED) is 0.590. The summed E-state index contributed by atoms with van der Waals surface area (Å²) in [5.41, 5.74) is -0.218. The number of nitrogens with one attached hydrogen (secondary N) is 1. The van der Waals surface area contributed by atoms with Gasteiger partial charge in [-0.2, -0.15) is 0 Å². The van der Waals surface area contributed by atoms with E-state index in [0.29, 0.717) is 6.42 Å². The lowest BCUT2D eigenvalue weighted by atomic mass is 10.0. The van der Waals surface area contributed by atoms with Crippen molar-refractivity contribution in [2.24, 2.45) is 18.1 Å². The molecule has 11 heteroatoms. The molecule has 0 fully saturated rings. The topological polar surface area (TPSA) is 124 Å². The third kappa shape index (κ3) is 5.31. The molecule has 2 atom stereocenters. The van der Waals surface area contributed by atoms with Gasteiger partial charge in [-0.15, -0.1) is 0 Å². The van der Waals surface area contributed by atoms with Gasteiger partial charge >= 0.3 is 0 Å². The van der Waals surface area contributed by atoms with E-state index in [-0.39, 0.29) is 29.7 Å². The zero-order valence-electron chi connectivity index (χ0n) is 16.1. The maximum Gasteiger partial charge on any atom is 0.276 e. The van der Waals surface area contributed by atoms with Gasteiger partial charge in [0.1, 0.15) is 4.90 Å². The highest BCUT2D eigenvalue weighted by Gasteiger charge is 2.28. The summed E-state index contributed by atoms with van der Waals surface area (Å²) in [4.78, 5) is 12.3. The van der Waals surface area contributed by atoms with Crippen LogP contribution in [0.25, 0.3) is 0 Å². The number of carbonyl (C=O) groups is 1. The summed E-state index contributed by atoms with van der Waals surface area (Å²) >= 11 is 0. The Kier molecular flexibility index (Phi) is 6.98. The molecule has 2 aromatic rings. The molecule has 160 valence electrons. The molecule has 1 aromatic heterocycles. The highest BCUT2D eigenvalue weighted by Crippen LogP contribution is 2.31. The number of aliphatic hydroxyl groups excluding tert-OH is 1. The van der Waals surface area contributed by atoms with Crippen molar-refractivity contribution in [2.45, 2.75) is 31.3 Å². The lowest BCUT2D eigenvalue weighted by Gasteiger charge is -2.18. The number of aliphatic hydroxyl groups is 1. The normalized spacial score (nSPS) is 13.8. The smallest absolute Gasteiger partial charge is 0.276 e. The molecule has 0 spiro atoms. The summed E-state index contributed by atoms with van der Waals surface area (Å²) in [5, 5.41) is 17.5. The zero-order chi connectivity index (χ0) is 21.9. The lowest BCUT2D eigenvalue weighted by molar-refractivity contribution is 0.0799. The number of hydrogen-bond donors (Lipinski definition) is 3. The van der Waals surface area contributed by atoms with Crippen molar-refractivity contribution >= 4 is 21.6 Å². The molecule has 8 nitrogen and oxygen atoms in total. The van der Waals surface area contributed by atoms with Crippen LogP contribution in [0.2, 0.25) is 0 Å². The zero-order valence-corrected chi connectivity index (χ0v) is 17.0. The van der Waals surface area contributed by atoms with Gasteiger partial charge in [0.15, 0.2) is 23.1 Å². The van der Waals surface area contributed by atoms with E-state index in [1.807, 2.05) is 0 Å². The average Bonchev–Trinajstić information content (AvgIpc) is 2.98. The second kappa shape index (κ2) is 8.89. The molecule has 4 N–H and O–H groups in total. The highest BCUT2D eigenvalue weighted by molar-refractivity contribution is 7.89. The third-order valence-corrected chi connectivity index (χ3v) is 5.27. The van der Waals surface area contributed by atoms with E-state index in [1.54, 1.807) is 13.8 Å². The monoisotopic (exact) mass is 431 g/mol. The van der Waals surface area contributed by atoms with Crippen LogP contribution in [0.5, 0.6) is 5.75 Å². The number of nitrogens with two attached hydrogens (primary N) is 1. The second-order valence-electron chi connectivity index (χ2n) is 6.67. The molecule has 0 bridgehead atoms. The fraction of sp³-hybridized carbons (Fsp3) is 0.389.